The van der Waals surface area contributed by atoms with E-state index in [2.05, 4.69) is 67.3 Å². The summed E-state index contributed by atoms with van der Waals surface area (Å²) in [6.07, 6.45) is 2.26. The number of esters is 1. The van der Waals surface area contributed by atoms with Crippen molar-refractivity contribution >= 4 is 18.4 Å². The summed E-state index contributed by atoms with van der Waals surface area (Å²) in [5.74, 6) is 0.234. The minimum Gasteiger partial charge on any atom is -0.464 e. The molecule has 0 atom stereocenters. The zero-order valence-corrected chi connectivity index (χ0v) is 17.3. The number of nitrogens with zero attached hydrogens (tertiary/aromatic N) is 1. The van der Waals surface area contributed by atoms with E-state index in [1.54, 1.807) is 0 Å². The topological polar surface area (TPSA) is 29.5 Å². The predicted octanol–water partition coefficient (Wildman–Crippen LogP) is 5.30. The first-order valence-electron chi connectivity index (χ1n) is 9.72. The average Bonchev–Trinajstić information content (AvgIpc) is 2.70. The Morgan fingerprint density at radius 3 is 1.93 bits per heavy atom. The highest BCUT2D eigenvalue weighted by molar-refractivity contribution is 5.85. The number of halogens is 1. The van der Waals surface area contributed by atoms with Gasteiger partial charge in [-0.2, -0.15) is 0 Å². The third-order valence-electron chi connectivity index (χ3n) is 4.84. The van der Waals surface area contributed by atoms with E-state index < -0.39 is 0 Å². The number of carbonyl (C=O) groups is 1. The van der Waals surface area contributed by atoms with Crippen LogP contribution in [0.3, 0.4) is 0 Å². The highest BCUT2D eigenvalue weighted by atomic mass is 35.5. The molecule has 0 heterocycles. The molecule has 0 radical (unpaired) electrons. The molecule has 0 aliphatic heterocycles. The van der Waals surface area contributed by atoms with Crippen molar-refractivity contribution in [1.82, 2.24) is 4.90 Å². The quantitative estimate of drug-likeness (QED) is 0.488. The molecule has 0 spiro atoms. The van der Waals surface area contributed by atoms with Crippen LogP contribution in [0.25, 0.3) is 0 Å². The molecule has 0 aromatic heterocycles. The Kier molecular flexibility index (Phi) is 11.5. The Bertz CT molecular complexity index is 590. The Hall–Kier alpha value is -1.84. The van der Waals surface area contributed by atoms with Crippen LogP contribution in [-0.2, 0) is 9.53 Å². The number of rotatable bonds is 11. The van der Waals surface area contributed by atoms with Gasteiger partial charge in [0.15, 0.2) is 0 Å². The molecule has 2 aromatic rings. The SMILES string of the molecule is CCN(CC)CCOC(=O)CCCC(c1ccccc1)c1ccccc1.Cl. The van der Waals surface area contributed by atoms with E-state index in [-0.39, 0.29) is 18.4 Å². The highest BCUT2D eigenvalue weighted by Crippen LogP contribution is 2.29. The minimum atomic E-state index is -0.0861. The normalized spacial score (nSPS) is 10.7. The van der Waals surface area contributed by atoms with Crippen LogP contribution in [0.4, 0.5) is 0 Å². The lowest BCUT2D eigenvalue weighted by molar-refractivity contribution is -0.144. The van der Waals surface area contributed by atoms with Crippen LogP contribution in [0.5, 0.6) is 0 Å². The lowest BCUT2D eigenvalue weighted by Gasteiger charge is -2.19. The van der Waals surface area contributed by atoms with Gasteiger partial charge < -0.3 is 9.64 Å². The maximum Gasteiger partial charge on any atom is 0.305 e. The maximum absolute atomic E-state index is 12.0. The third kappa shape index (κ3) is 8.15. The van der Waals surface area contributed by atoms with Gasteiger partial charge in [0.1, 0.15) is 6.61 Å². The molecule has 4 heteroatoms. The lowest BCUT2D eigenvalue weighted by Crippen LogP contribution is -2.27. The van der Waals surface area contributed by atoms with Gasteiger partial charge >= 0.3 is 5.97 Å². The Morgan fingerprint density at radius 1 is 0.926 bits per heavy atom. The first-order chi connectivity index (χ1) is 12.7. The zero-order chi connectivity index (χ0) is 18.6. The third-order valence-corrected chi connectivity index (χ3v) is 4.84. The molecule has 27 heavy (non-hydrogen) atoms. The van der Waals surface area contributed by atoms with E-state index in [4.69, 9.17) is 4.74 Å². The lowest BCUT2D eigenvalue weighted by atomic mass is 9.87. The Balaban J connectivity index is 0.00000364. The first-order valence-corrected chi connectivity index (χ1v) is 9.72. The Labute approximate surface area is 170 Å². The van der Waals surface area contributed by atoms with Gasteiger partial charge in [0.25, 0.3) is 0 Å². The number of carbonyl (C=O) groups excluding carboxylic acids is 1. The molecule has 0 N–H and O–H groups in total. The fourth-order valence-corrected chi connectivity index (χ4v) is 3.25. The van der Waals surface area contributed by atoms with Crippen LogP contribution in [0.1, 0.15) is 50.2 Å². The number of hydrogen-bond acceptors (Lipinski definition) is 3. The molecule has 0 saturated carbocycles. The van der Waals surface area contributed by atoms with Gasteiger partial charge in [-0.15, -0.1) is 12.4 Å². The molecule has 0 unspecified atom stereocenters. The fraction of sp³-hybridized carbons (Fsp3) is 0.435. The van der Waals surface area contributed by atoms with Gasteiger partial charge in [-0.05, 0) is 37.1 Å². The maximum atomic E-state index is 12.0. The average molecular weight is 390 g/mol. The minimum absolute atomic E-state index is 0. The van der Waals surface area contributed by atoms with Gasteiger partial charge in [0.05, 0.1) is 0 Å². The molecule has 3 nitrogen and oxygen atoms in total. The molecular formula is C23H32ClNO2. The van der Waals surface area contributed by atoms with E-state index >= 15 is 0 Å². The molecule has 2 aromatic carbocycles. The van der Waals surface area contributed by atoms with Crippen molar-refractivity contribution in [3.05, 3.63) is 71.8 Å². The molecule has 0 bridgehead atoms. The second-order valence-corrected chi connectivity index (χ2v) is 6.51. The number of benzene rings is 2. The summed E-state index contributed by atoms with van der Waals surface area (Å²) in [7, 11) is 0. The molecule has 2 rings (SSSR count). The molecule has 0 saturated heterocycles. The largest absolute Gasteiger partial charge is 0.464 e. The van der Waals surface area contributed by atoms with E-state index in [1.807, 2.05) is 12.1 Å². The number of ether oxygens (including phenoxy) is 1. The van der Waals surface area contributed by atoms with Gasteiger partial charge in [-0.1, -0.05) is 74.5 Å². The van der Waals surface area contributed by atoms with Crippen LogP contribution in [-0.4, -0.2) is 37.1 Å². The van der Waals surface area contributed by atoms with Crippen molar-refractivity contribution in [3.63, 3.8) is 0 Å². The fourth-order valence-electron chi connectivity index (χ4n) is 3.25. The molecule has 0 aliphatic carbocycles. The van der Waals surface area contributed by atoms with Crippen molar-refractivity contribution in [2.75, 3.05) is 26.2 Å². The second kappa shape index (κ2) is 13.3. The van der Waals surface area contributed by atoms with Crippen molar-refractivity contribution in [2.24, 2.45) is 0 Å². The summed E-state index contributed by atoms with van der Waals surface area (Å²) >= 11 is 0. The van der Waals surface area contributed by atoms with Crippen LogP contribution < -0.4 is 0 Å². The first kappa shape index (κ1) is 23.2. The summed E-state index contributed by atoms with van der Waals surface area (Å²) in [5, 5.41) is 0. The summed E-state index contributed by atoms with van der Waals surface area (Å²) in [6, 6.07) is 21.1. The van der Waals surface area contributed by atoms with Crippen LogP contribution >= 0.6 is 12.4 Å². The zero-order valence-electron chi connectivity index (χ0n) is 16.5. The predicted molar refractivity (Wildman–Crippen MR) is 115 cm³/mol. The van der Waals surface area contributed by atoms with Gasteiger partial charge in [-0.3, -0.25) is 4.79 Å². The van der Waals surface area contributed by atoms with Crippen LogP contribution in [0, 0.1) is 0 Å². The van der Waals surface area contributed by atoms with Crippen molar-refractivity contribution in [3.8, 4) is 0 Å². The van der Waals surface area contributed by atoms with Crippen LogP contribution in [0.15, 0.2) is 60.7 Å². The summed E-state index contributed by atoms with van der Waals surface area (Å²) in [4.78, 5) is 14.3. The molecule has 0 fully saturated rings. The van der Waals surface area contributed by atoms with Crippen molar-refractivity contribution in [1.29, 1.82) is 0 Å². The smallest absolute Gasteiger partial charge is 0.305 e. The van der Waals surface area contributed by atoms with Gasteiger partial charge in [0, 0.05) is 18.9 Å². The summed E-state index contributed by atoms with van der Waals surface area (Å²) in [5.41, 5.74) is 2.60. The molecule has 0 amide bonds. The highest BCUT2D eigenvalue weighted by Gasteiger charge is 2.14. The van der Waals surface area contributed by atoms with Crippen LogP contribution in [0.2, 0.25) is 0 Å². The van der Waals surface area contributed by atoms with E-state index in [1.165, 1.54) is 11.1 Å². The van der Waals surface area contributed by atoms with Gasteiger partial charge in [0.2, 0.25) is 0 Å². The number of likely N-dealkylation sites (N-methyl/N-ethyl adjacent to an activating group) is 1. The second-order valence-electron chi connectivity index (χ2n) is 6.51. The summed E-state index contributed by atoms with van der Waals surface area (Å²) < 4.78 is 5.39. The van der Waals surface area contributed by atoms with E-state index in [9.17, 15) is 4.79 Å². The molecule has 148 valence electrons. The van der Waals surface area contributed by atoms with Crippen molar-refractivity contribution < 1.29 is 9.53 Å². The monoisotopic (exact) mass is 389 g/mol. The van der Waals surface area contributed by atoms with Crippen molar-refractivity contribution in [2.45, 2.75) is 39.0 Å². The van der Waals surface area contributed by atoms with E-state index in [0.717, 1.165) is 32.5 Å². The molecular weight excluding hydrogens is 358 g/mol. The van der Waals surface area contributed by atoms with E-state index in [0.29, 0.717) is 18.9 Å². The standard InChI is InChI=1S/C23H31NO2.ClH/c1-3-24(4-2)18-19-26-23(25)17-11-16-22(20-12-7-5-8-13-20)21-14-9-6-10-15-21;/h5-10,12-15,22H,3-4,11,16-19H2,1-2H3;1H. The number of hydrogen-bond donors (Lipinski definition) is 0. The summed E-state index contributed by atoms with van der Waals surface area (Å²) in [6.45, 7) is 7.53. The Morgan fingerprint density at radius 2 is 1.44 bits per heavy atom. The molecule has 0 aliphatic rings. The van der Waals surface area contributed by atoms with Gasteiger partial charge in [-0.25, -0.2) is 0 Å².